The largest absolute Gasteiger partial charge is 0.325 e. The van der Waals surface area contributed by atoms with Crippen molar-refractivity contribution in [2.24, 2.45) is 0 Å². The number of rotatable bonds is 4. The van der Waals surface area contributed by atoms with E-state index in [1.807, 2.05) is 66.7 Å². The summed E-state index contributed by atoms with van der Waals surface area (Å²) in [4.78, 5) is 39.7. The molecule has 0 unspecified atom stereocenters. The first kappa shape index (κ1) is 18.3. The average Bonchev–Trinajstić information content (AvgIpc) is 3.27. The normalized spacial score (nSPS) is 19.8. The smallest absolute Gasteiger partial charge is 0.319 e. The van der Waals surface area contributed by atoms with Crippen LogP contribution in [0.25, 0.3) is 11.1 Å². The fraction of sp³-hybridized carbons (Fsp3) is 0.160. The third kappa shape index (κ3) is 2.82. The Kier molecular flexibility index (Phi) is 4.24. The highest BCUT2D eigenvalue weighted by atomic mass is 16.2. The van der Waals surface area contributed by atoms with Gasteiger partial charge in [-0.15, -0.1) is 0 Å². The first-order valence-electron chi connectivity index (χ1n) is 10.00. The third-order valence-corrected chi connectivity index (χ3v) is 6.04. The van der Waals surface area contributed by atoms with Crippen molar-refractivity contribution in [3.63, 3.8) is 0 Å². The molecule has 1 spiro atoms. The van der Waals surface area contributed by atoms with Crippen LogP contribution in [0.3, 0.4) is 0 Å². The molecule has 0 bridgehead atoms. The predicted octanol–water partition coefficient (Wildman–Crippen LogP) is 3.93. The molecule has 5 heteroatoms. The number of urea groups is 1. The van der Waals surface area contributed by atoms with Gasteiger partial charge in [0.15, 0.2) is 5.78 Å². The van der Waals surface area contributed by atoms with Crippen LogP contribution in [-0.4, -0.2) is 29.2 Å². The van der Waals surface area contributed by atoms with E-state index < -0.39 is 11.6 Å². The fourth-order valence-electron chi connectivity index (χ4n) is 4.45. The molecule has 5 rings (SSSR count). The van der Waals surface area contributed by atoms with Gasteiger partial charge in [0.2, 0.25) is 0 Å². The van der Waals surface area contributed by atoms with Gasteiger partial charge in [0, 0.05) is 5.56 Å². The van der Waals surface area contributed by atoms with Gasteiger partial charge in [0.1, 0.15) is 5.54 Å². The Balaban J connectivity index is 1.36. The Hall–Kier alpha value is -3.73. The van der Waals surface area contributed by atoms with Gasteiger partial charge >= 0.3 is 6.03 Å². The summed E-state index contributed by atoms with van der Waals surface area (Å²) in [6.07, 6.45) is 1.25. The van der Waals surface area contributed by atoms with Gasteiger partial charge in [-0.1, -0.05) is 78.9 Å². The Morgan fingerprint density at radius 1 is 0.867 bits per heavy atom. The molecule has 1 saturated heterocycles. The highest BCUT2D eigenvalue weighted by Crippen LogP contribution is 2.41. The molecule has 1 N–H and O–H groups in total. The summed E-state index contributed by atoms with van der Waals surface area (Å²) in [5.41, 5.74) is 3.41. The molecule has 1 heterocycles. The minimum absolute atomic E-state index is 0.263. The van der Waals surface area contributed by atoms with Gasteiger partial charge < -0.3 is 5.32 Å². The molecule has 3 aromatic carbocycles. The zero-order chi connectivity index (χ0) is 20.7. The summed E-state index contributed by atoms with van der Waals surface area (Å²) in [6.45, 7) is -0.265. The lowest BCUT2D eigenvalue weighted by molar-refractivity contribution is -0.131. The number of nitrogens with zero attached hydrogens (tertiary/aromatic N) is 1. The molecular weight excluding hydrogens is 376 g/mol. The monoisotopic (exact) mass is 396 g/mol. The summed E-state index contributed by atoms with van der Waals surface area (Å²) in [7, 11) is 0. The van der Waals surface area contributed by atoms with Gasteiger partial charge in [-0.2, -0.15) is 0 Å². The number of imide groups is 1. The summed E-state index contributed by atoms with van der Waals surface area (Å²) >= 11 is 0. The molecule has 0 saturated carbocycles. The van der Waals surface area contributed by atoms with Crippen LogP contribution in [0.1, 0.15) is 27.9 Å². The predicted molar refractivity (Wildman–Crippen MR) is 113 cm³/mol. The number of nitrogens with one attached hydrogen (secondary N) is 1. The lowest BCUT2D eigenvalue weighted by Gasteiger charge is -2.22. The molecule has 0 aromatic heterocycles. The molecule has 3 aromatic rings. The number of fused-ring (bicyclic) bond motifs is 2. The number of carbonyl (C=O) groups excluding carboxylic acids is 3. The minimum Gasteiger partial charge on any atom is -0.319 e. The molecule has 1 atom stereocenters. The molecule has 2 aliphatic rings. The van der Waals surface area contributed by atoms with Crippen LogP contribution >= 0.6 is 0 Å². The summed E-state index contributed by atoms with van der Waals surface area (Å²) < 4.78 is 0. The summed E-state index contributed by atoms with van der Waals surface area (Å²) in [5.74, 6) is -0.604. The lowest BCUT2D eigenvalue weighted by atomic mass is 9.92. The van der Waals surface area contributed by atoms with Gasteiger partial charge in [0.25, 0.3) is 5.91 Å². The molecule has 1 aliphatic carbocycles. The SMILES string of the molecule is O=C(CN1C(=O)N[C@]2(CCc3ccccc32)C1=O)c1ccc(-c2ccccc2)cc1. The molecule has 30 heavy (non-hydrogen) atoms. The van der Waals surface area contributed by atoms with E-state index in [-0.39, 0.29) is 18.2 Å². The Bertz CT molecular complexity index is 1150. The number of Topliss-reactive ketones (excluding diaryl/α,β-unsaturated/α-hetero) is 1. The number of aryl methyl sites for hydroxylation is 1. The van der Waals surface area contributed by atoms with E-state index in [4.69, 9.17) is 0 Å². The number of hydrogen-bond donors (Lipinski definition) is 1. The molecule has 148 valence electrons. The van der Waals surface area contributed by atoms with Gasteiger partial charge in [-0.05, 0) is 35.1 Å². The third-order valence-electron chi connectivity index (χ3n) is 6.04. The van der Waals surface area contributed by atoms with Crippen molar-refractivity contribution < 1.29 is 14.4 Å². The highest BCUT2D eigenvalue weighted by Gasteiger charge is 2.55. The van der Waals surface area contributed by atoms with Crippen LogP contribution < -0.4 is 5.32 Å². The molecule has 5 nitrogen and oxygen atoms in total. The van der Waals surface area contributed by atoms with Gasteiger partial charge in [-0.25, -0.2) is 4.79 Å². The number of ketones is 1. The van der Waals surface area contributed by atoms with Crippen molar-refractivity contribution >= 4 is 17.7 Å². The highest BCUT2D eigenvalue weighted by molar-refractivity contribution is 6.11. The fourth-order valence-corrected chi connectivity index (χ4v) is 4.45. The second-order valence-corrected chi connectivity index (χ2v) is 7.75. The standard InChI is InChI=1S/C25H20N2O3/c28-22(20-12-10-18(11-13-20)17-6-2-1-3-7-17)16-27-23(29)25(26-24(27)30)15-14-19-8-4-5-9-21(19)25/h1-13H,14-16H2,(H,26,30)/t25-/m0/s1. The quantitative estimate of drug-likeness (QED) is 0.537. The second kappa shape index (κ2) is 6.95. The van der Waals surface area contributed by atoms with E-state index in [1.54, 1.807) is 12.1 Å². The van der Waals surface area contributed by atoms with Gasteiger partial charge in [0.05, 0.1) is 6.54 Å². The van der Waals surface area contributed by atoms with Crippen LogP contribution in [0.5, 0.6) is 0 Å². The second-order valence-electron chi connectivity index (χ2n) is 7.75. The number of carbonyl (C=O) groups is 3. The van der Waals surface area contributed by atoms with Crippen LogP contribution in [0, 0.1) is 0 Å². The van der Waals surface area contributed by atoms with E-state index in [0.717, 1.165) is 33.6 Å². The number of hydrogen-bond acceptors (Lipinski definition) is 3. The maximum atomic E-state index is 13.2. The van der Waals surface area contributed by atoms with Crippen molar-refractivity contribution in [1.82, 2.24) is 10.2 Å². The first-order chi connectivity index (χ1) is 14.6. The van der Waals surface area contributed by atoms with E-state index in [9.17, 15) is 14.4 Å². The van der Waals surface area contributed by atoms with Crippen molar-refractivity contribution in [1.29, 1.82) is 0 Å². The topological polar surface area (TPSA) is 66.5 Å². The first-order valence-corrected chi connectivity index (χ1v) is 10.00. The molecule has 1 aliphatic heterocycles. The van der Waals surface area contributed by atoms with Crippen LogP contribution in [0.2, 0.25) is 0 Å². The van der Waals surface area contributed by atoms with Crippen molar-refractivity contribution in [3.8, 4) is 11.1 Å². The van der Waals surface area contributed by atoms with E-state index in [0.29, 0.717) is 12.0 Å². The van der Waals surface area contributed by atoms with Crippen LogP contribution in [0.15, 0.2) is 78.9 Å². The number of benzene rings is 3. The summed E-state index contributed by atoms with van der Waals surface area (Å²) in [5, 5.41) is 2.86. The van der Waals surface area contributed by atoms with E-state index in [2.05, 4.69) is 5.32 Å². The summed E-state index contributed by atoms with van der Waals surface area (Å²) in [6, 6.07) is 24.3. The van der Waals surface area contributed by atoms with E-state index in [1.165, 1.54) is 0 Å². The van der Waals surface area contributed by atoms with Gasteiger partial charge in [-0.3, -0.25) is 14.5 Å². The molecule has 0 radical (unpaired) electrons. The van der Waals surface area contributed by atoms with Crippen molar-refractivity contribution in [3.05, 3.63) is 95.6 Å². The molecular formula is C25H20N2O3. The van der Waals surface area contributed by atoms with Crippen LogP contribution in [0.4, 0.5) is 4.79 Å². The number of amides is 3. The zero-order valence-electron chi connectivity index (χ0n) is 16.3. The molecule has 1 fully saturated rings. The Labute approximate surface area is 174 Å². The Morgan fingerprint density at radius 3 is 2.30 bits per heavy atom. The minimum atomic E-state index is -1.04. The maximum Gasteiger partial charge on any atom is 0.325 e. The average molecular weight is 396 g/mol. The van der Waals surface area contributed by atoms with E-state index >= 15 is 0 Å². The zero-order valence-corrected chi connectivity index (χ0v) is 16.3. The Morgan fingerprint density at radius 2 is 1.53 bits per heavy atom. The van der Waals surface area contributed by atoms with Crippen LogP contribution in [-0.2, 0) is 16.8 Å². The molecule has 3 amide bonds. The lowest BCUT2D eigenvalue weighted by Crippen LogP contribution is -2.42. The van der Waals surface area contributed by atoms with Crippen molar-refractivity contribution in [2.45, 2.75) is 18.4 Å². The van der Waals surface area contributed by atoms with Crippen molar-refractivity contribution in [2.75, 3.05) is 6.54 Å². The maximum absolute atomic E-state index is 13.2.